The molecule has 0 radical (unpaired) electrons. The van der Waals surface area contributed by atoms with Crippen LogP contribution in [-0.4, -0.2) is 12.5 Å². The Morgan fingerprint density at radius 1 is 1.38 bits per heavy atom. The number of anilines is 1. The van der Waals surface area contributed by atoms with E-state index in [-0.39, 0.29) is 5.91 Å². The minimum Gasteiger partial charge on any atom is -0.469 e. The predicted octanol–water partition coefficient (Wildman–Crippen LogP) is 3.70. The number of nitrogens with two attached hydrogens (primary N) is 1. The first-order valence-corrected chi connectivity index (χ1v) is 7.62. The zero-order valence-corrected chi connectivity index (χ0v) is 12.6. The largest absolute Gasteiger partial charge is 0.469 e. The first kappa shape index (κ1) is 14.0. The Morgan fingerprint density at radius 2 is 2.24 bits per heavy atom. The molecular formula is C15H13ClN2O2S. The number of halogens is 1. The van der Waals surface area contributed by atoms with Crippen LogP contribution in [-0.2, 0) is 6.42 Å². The number of thiophene rings is 1. The summed E-state index contributed by atoms with van der Waals surface area (Å²) in [5, 5.41) is 4.35. The lowest BCUT2D eigenvalue weighted by Crippen LogP contribution is -2.25. The van der Waals surface area contributed by atoms with Gasteiger partial charge in [0, 0.05) is 28.1 Å². The number of rotatable bonds is 4. The second-order valence-electron chi connectivity index (χ2n) is 4.57. The summed E-state index contributed by atoms with van der Waals surface area (Å²) in [5.41, 5.74) is 6.55. The Kier molecular flexibility index (Phi) is 3.86. The Hall–Kier alpha value is -1.98. The Labute approximate surface area is 130 Å². The second kappa shape index (κ2) is 5.79. The highest BCUT2D eigenvalue weighted by Crippen LogP contribution is 2.35. The average molecular weight is 321 g/mol. The molecule has 3 rings (SSSR count). The first-order chi connectivity index (χ1) is 10.1. The number of amides is 1. The molecule has 1 amide bonds. The third kappa shape index (κ3) is 2.89. The van der Waals surface area contributed by atoms with Crippen molar-refractivity contribution in [1.29, 1.82) is 0 Å². The highest BCUT2D eigenvalue weighted by atomic mass is 35.5. The summed E-state index contributed by atoms with van der Waals surface area (Å²) in [6.07, 6.45) is 2.26. The second-order valence-corrected chi connectivity index (χ2v) is 6.06. The van der Waals surface area contributed by atoms with Crippen molar-refractivity contribution >= 4 is 44.6 Å². The lowest BCUT2D eigenvalue weighted by molar-refractivity contribution is 0.0958. The molecule has 0 aliphatic heterocycles. The highest BCUT2D eigenvalue weighted by Gasteiger charge is 2.16. The van der Waals surface area contributed by atoms with E-state index in [1.807, 2.05) is 24.3 Å². The topological polar surface area (TPSA) is 68.3 Å². The third-order valence-electron chi connectivity index (χ3n) is 3.13. The quantitative estimate of drug-likeness (QED) is 0.770. The van der Waals surface area contributed by atoms with Crippen molar-refractivity contribution in [3.63, 3.8) is 0 Å². The standard InChI is InChI=1S/C15H13ClN2O2S/c16-9-3-4-11-12(8-9)21-14(13(11)17)15(19)18-6-5-10-2-1-7-20-10/h1-4,7-8H,5-6,17H2,(H,18,19). The van der Waals surface area contributed by atoms with E-state index in [1.54, 1.807) is 12.3 Å². The van der Waals surface area contributed by atoms with Crippen molar-refractivity contribution in [3.8, 4) is 0 Å². The van der Waals surface area contributed by atoms with Crippen molar-refractivity contribution in [2.45, 2.75) is 6.42 Å². The van der Waals surface area contributed by atoms with Crippen LogP contribution in [0.25, 0.3) is 10.1 Å². The molecule has 0 fully saturated rings. The van der Waals surface area contributed by atoms with Crippen LogP contribution in [0.1, 0.15) is 15.4 Å². The van der Waals surface area contributed by atoms with Crippen molar-refractivity contribution < 1.29 is 9.21 Å². The summed E-state index contributed by atoms with van der Waals surface area (Å²) >= 11 is 7.30. The van der Waals surface area contributed by atoms with Gasteiger partial charge in [0.05, 0.1) is 12.0 Å². The molecule has 0 saturated carbocycles. The zero-order chi connectivity index (χ0) is 14.8. The number of benzene rings is 1. The van der Waals surface area contributed by atoms with Crippen LogP contribution in [0.15, 0.2) is 41.0 Å². The van der Waals surface area contributed by atoms with E-state index >= 15 is 0 Å². The number of nitrogens with one attached hydrogen (secondary N) is 1. The van der Waals surface area contributed by atoms with Crippen LogP contribution in [0.3, 0.4) is 0 Å². The number of carbonyl (C=O) groups is 1. The van der Waals surface area contributed by atoms with E-state index in [2.05, 4.69) is 5.32 Å². The molecule has 6 heteroatoms. The minimum atomic E-state index is -0.170. The van der Waals surface area contributed by atoms with Crippen LogP contribution in [0.2, 0.25) is 5.02 Å². The van der Waals surface area contributed by atoms with Gasteiger partial charge >= 0.3 is 0 Å². The smallest absolute Gasteiger partial charge is 0.263 e. The molecule has 4 nitrogen and oxygen atoms in total. The highest BCUT2D eigenvalue weighted by molar-refractivity contribution is 7.21. The maximum absolute atomic E-state index is 12.2. The lowest BCUT2D eigenvalue weighted by Gasteiger charge is -2.02. The summed E-state index contributed by atoms with van der Waals surface area (Å²) < 4.78 is 6.13. The normalized spacial score (nSPS) is 10.9. The van der Waals surface area contributed by atoms with E-state index in [1.165, 1.54) is 11.3 Å². The van der Waals surface area contributed by atoms with Gasteiger partial charge in [0.2, 0.25) is 0 Å². The molecule has 0 spiro atoms. The Bertz CT molecular complexity index is 780. The predicted molar refractivity (Wildman–Crippen MR) is 86.0 cm³/mol. The fourth-order valence-corrected chi connectivity index (χ4v) is 3.41. The van der Waals surface area contributed by atoms with Gasteiger partial charge in [0.15, 0.2) is 0 Å². The summed E-state index contributed by atoms with van der Waals surface area (Å²) in [4.78, 5) is 12.7. The van der Waals surface area contributed by atoms with E-state index in [0.29, 0.717) is 28.6 Å². The first-order valence-electron chi connectivity index (χ1n) is 6.43. The average Bonchev–Trinajstić information content (AvgIpc) is 3.07. The summed E-state index contributed by atoms with van der Waals surface area (Å²) in [5.74, 6) is 0.669. The third-order valence-corrected chi connectivity index (χ3v) is 4.54. The van der Waals surface area contributed by atoms with Gasteiger partial charge in [-0.25, -0.2) is 0 Å². The molecule has 21 heavy (non-hydrogen) atoms. The van der Waals surface area contributed by atoms with Gasteiger partial charge in [-0.2, -0.15) is 0 Å². The summed E-state index contributed by atoms with van der Waals surface area (Å²) in [6.45, 7) is 0.501. The molecule has 0 aliphatic rings. The molecule has 0 saturated heterocycles. The number of carbonyl (C=O) groups excluding carboxylic acids is 1. The molecule has 3 N–H and O–H groups in total. The zero-order valence-electron chi connectivity index (χ0n) is 11.1. The fourth-order valence-electron chi connectivity index (χ4n) is 2.09. The van der Waals surface area contributed by atoms with Crippen LogP contribution in [0.5, 0.6) is 0 Å². The van der Waals surface area contributed by atoms with Gasteiger partial charge in [0.1, 0.15) is 10.6 Å². The van der Waals surface area contributed by atoms with E-state index in [0.717, 1.165) is 15.8 Å². The van der Waals surface area contributed by atoms with Gasteiger partial charge in [0.25, 0.3) is 5.91 Å². The molecule has 108 valence electrons. The number of hydrogen-bond acceptors (Lipinski definition) is 4. The molecule has 3 aromatic rings. The van der Waals surface area contributed by atoms with E-state index < -0.39 is 0 Å². The number of hydrogen-bond donors (Lipinski definition) is 2. The molecule has 0 atom stereocenters. The van der Waals surface area contributed by atoms with Gasteiger partial charge < -0.3 is 15.5 Å². The van der Waals surface area contributed by atoms with Gasteiger partial charge in [-0.05, 0) is 30.3 Å². The van der Waals surface area contributed by atoms with Gasteiger partial charge in [-0.1, -0.05) is 11.6 Å². The van der Waals surface area contributed by atoms with Crippen LogP contribution < -0.4 is 11.1 Å². The van der Waals surface area contributed by atoms with Crippen LogP contribution in [0.4, 0.5) is 5.69 Å². The van der Waals surface area contributed by atoms with Crippen molar-refractivity contribution in [3.05, 3.63) is 52.3 Å². The molecular weight excluding hydrogens is 308 g/mol. The van der Waals surface area contributed by atoms with Crippen molar-refractivity contribution in [2.24, 2.45) is 0 Å². The monoisotopic (exact) mass is 320 g/mol. The Morgan fingerprint density at radius 3 is 3.00 bits per heavy atom. The number of furan rings is 1. The minimum absolute atomic E-state index is 0.170. The van der Waals surface area contributed by atoms with Crippen LogP contribution >= 0.6 is 22.9 Å². The molecule has 2 aromatic heterocycles. The molecule has 1 aromatic carbocycles. The maximum atomic E-state index is 12.2. The van der Waals surface area contributed by atoms with Crippen molar-refractivity contribution in [2.75, 3.05) is 12.3 Å². The molecule has 0 unspecified atom stereocenters. The van der Waals surface area contributed by atoms with Gasteiger partial charge in [-0.15, -0.1) is 11.3 Å². The summed E-state index contributed by atoms with van der Waals surface area (Å²) in [6, 6.07) is 9.12. The van der Waals surface area contributed by atoms with Crippen LogP contribution in [0, 0.1) is 0 Å². The SMILES string of the molecule is Nc1c(C(=O)NCCc2ccco2)sc2cc(Cl)ccc12. The van der Waals surface area contributed by atoms with Crippen molar-refractivity contribution in [1.82, 2.24) is 5.32 Å². The summed E-state index contributed by atoms with van der Waals surface area (Å²) in [7, 11) is 0. The van der Waals surface area contributed by atoms with E-state index in [4.69, 9.17) is 21.8 Å². The maximum Gasteiger partial charge on any atom is 0.263 e. The molecule has 0 bridgehead atoms. The van der Waals surface area contributed by atoms with Gasteiger partial charge in [-0.3, -0.25) is 4.79 Å². The molecule has 0 aliphatic carbocycles. The molecule has 2 heterocycles. The number of nitrogen functional groups attached to an aromatic ring is 1. The lowest BCUT2D eigenvalue weighted by atomic mass is 10.2. The Balaban J connectivity index is 1.73. The number of fused-ring (bicyclic) bond motifs is 1. The fraction of sp³-hybridized carbons (Fsp3) is 0.133. The van der Waals surface area contributed by atoms with E-state index in [9.17, 15) is 4.79 Å².